The number of fused-ring (bicyclic) bond motifs is 5. The molecule has 0 aromatic rings. The van der Waals surface area contributed by atoms with E-state index in [1.807, 2.05) is 0 Å². The van der Waals surface area contributed by atoms with Crippen LogP contribution in [0, 0.1) is 46.3 Å². The van der Waals surface area contributed by atoms with Gasteiger partial charge in [0.1, 0.15) is 0 Å². The topological polar surface area (TPSA) is 0 Å². The molecule has 174 valence electrons. The van der Waals surface area contributed by atoms with Crippen LogP contribution in [-0.2, 0) is 0 Å². The fourth-order valence-corrected chi connectivity index (χ4v) is 10.1. The van der Waals surface area contributed by atoms with Crippen LogP contribution in [-0.4, -0.2) is 30.7 Å². The van der Waals surface area contributed by atoms with Gasteiger partial charge in [0, 0.05) is 11.8 Å². The summed E-state index contributed by atoms with van der Waals surface area (Å²) in [7, 11) is 5.12. The normalized spacial score (nSPS) is 48.7. The van der Waals surface area contributed by atoms with Crippen LogP contribution < -0.4 is 0 Å². The molecule has 0 radical (unpaired) electrons. The van der Waals surface area contributed by atoms with Crippen molar-refractivity contribution in [2.24, 2.45) is 46.3 Å². The van der Waals surface area contributed by atoms with Gasteiger partial charge in [-0.05, 0) is 92.8 Å². The van der Waals surface area contributed by atoms with Gasteiger partial charge in [-0.1, -0.05) is 53.9 Å². The quantitative estimate of drug-likeness (QED) is 0.399. The Morgan fingerprint density at radius 3 is 2.17 bits per heavy atom. The summed E-state index contributed by atoms with van der Waals surface area (Å²) in [6, 6.07) is 1.75. The number of rotatable bonds is 5. The van der Waals surface area contributed by atoms with Crippen molar-refractivity contribution in [2.75, 3.05) is 14.1 Å². The minimum absolute atomic E-state index is 0.598. The first kappa shape index (κ1) is 23.1. The van der Waals surface area contributed by atoms with Gasteiger partial charge >= 0.3 is 0 Å². The average Bonchev–Trinajstić information content (AvgIpc) is 3.02. The Hall–Kier alpha value is -0.0400. The van der Waals surface area contributed by atoms with Crippen molar-refractivity contribution in [1.29, 1.82) is 0 Å². The zero-order chi connectivity index (χ0) is 21.9. The van der Waals surface area contributed by atoms with E-state index in [0.717, 1.165) is 47.6 Å². The lowest BCUT2D eigenvalue weighted by molar-refractivity contribution is -0.952. The molecule has 3 aliphatic carbocycles. The summed E-state index contributed by atoms with van der Waals surface area (Å²) in [6.07, 6.45) is 16.5. The minimum Gasteiger partial charge on any atom is -0.323 e. The fourth-order valence-electron chi connectivity index (χ4n) is 10.1. The third-order valence-corrected chi connectivity index (χ3v) is 12.1. The average molecular weight is 417 g/mol. The summed E-state index contributed by atoms with van der Waals surface area (Å²) in [5.41, 5.74) is 1.25. The van der Waals surface area contributed by atoms with Crippen LogP contribution in [0.5, 0.6) is 0 Å². The largest absolute Gasteiger partial charge is 0.323 e. The number of likely N-dealkylation sites (tertiary alicyclic amines) is 1. The number of hydrogen-bond donors (Lipinski definition) is 0. The second-order valence-corrected chi connectivity index (χ2v) is 14.0. The second-order valence-electron chi connectivity index (χ2n) is 14.0. The number of quaternary nitrogens is 1. The number of hydrogen-bond acceptors (Lipinski definition) is 0. The van der Waals surface area contributed by atoms with E-state index in [1.165, 1.54) is 68.7 Å². The molecule has 1 heteroatoms. The summed E-state index contributed by atoms with van der Waals surface area (Å²) >= 11 is 0. The fraction of sp³-hybridized carbons (Fsp3) is 1.00. The van der Waals surface area contributed by atoms with Crippen LogP contribution in [0.3, 0.4) is 0 Å². The van der Waals surface area contributed by atoms with E-state index < -0.39 is 0 Å². The molecule has 0 spiro atoms. The molecule has 0 N–H and O–H groups in total. The molecule has 4 aliphatic rings. The summed E-state index contributed by atoms with van der Waals surface area (Å²) in [5, 5.41) is 0. The highest BCUT2D eigenvalue weighted by molar-refractivity contribution is 5.10. The summed E-state index contributed by atoms with van der Waals surface area (Å²) < 4.78 is 1.29. The van der Waals surface area contributed by atoms with E-state index in [4.69, 9.17) is 0 Å². The van der Waals surface area contributed by atoms with Gasteiger partial charge in [-0.2, -0.15) is 0 Å². The molecule has 9 atom stereocenters. The highest BCUT2D eigenvalue weighted by Crippen LogP contribution is 2.67. The lowest BCUT2D eigenvalue weighted by Crippen LogP contribution is -2.68. The molecule has 0 amide bonds. The first-order valence-electron chi connectivity index (χ1n) is 13.8. The zero-order valence-electron chi connectivity index (χ0n) is 21.8. The van der Waals surface area contributed by atoms with E-state index in [2.05, 4.69) is 55.6 Å². The van der Waals surface area contributed by atoms with Gasteiger partial charge in [0.2, 0.25) is 0 Å². The maximum atomic E-state index is 2.75. The van der Waals surface area contributed by atoms with Crippen LogP contribution in [0.25, 0.3) is 0 Å². The van der Waals surface area contributed by atoms with E-state index in [0.29, 0.717) is 10.8 Å². The molecule has 30 heavy (non-hydrogen) atoms. The Morgan fingerprint density at radius 1 is 0.800 bits per heavy atom. The number of piperidine rings is 1. The van der Waals surface area contributed by atoms with Gasteiger partial charge in [0.25, 0.3) is 0 Å². The Balaban J connectivity index is 1.50. The van der Waals surface area contributed by atoms with E-state index in [9.17, 15) is 0 Å². The van der Waals surface area contributed by atoms with E-state index >= 15 is 0 Å². The van der Waals surface area contributed by atoms with Gasteiger partial charge < -0.3 is 4.48 Å². The standard InChI is InChI=1S/C29H54N/c1-20(2)10-9-11-21(3)24-13-14-25-23-12-15-27-29(6,18-16-22(4)30(27,7)8)26(23)17-19-28(24,25)5/h20-27H,9-19H2,1-8H3/q+1/t21-,22?,23+,24-,25+,26+,27-,28-,29-/m1/s1. The molecule has 4 fully saturated rings. The van der Waals surface area contributed by atoms with Crippen LogP contribution in [0.2, 0.25) is 0 Å². The summed E-state index contributed by atoms with van der Waals surface area (Å²) in [6.45, 7) is 15.4. The molecule has 0 bridgehead atoms. The maximum absolute atomic E-state index is 2.75. The van der Waals surface area contributed by atoms with Crippen molar-refractivity contribution in [2.45, 2.75) is 124 Å². The van der Waals surface area contributed by atoms with E-state index in [1.54, 1.807) is 6.42 Å². The van der Waals surface area contributed by atoms with Crippen molar-refractivity contribution >= 4 is 0 Å². The molecular weight excluding hydrogens is 362 g/mol. The Bertz CT molecular complexity index is 607. The number of nitrogens with zero attached hydrogens (tertiary/aromatic N) is 1. The third kappa shape index (κ3) is 3.52. The van der Waals surface area contributed by atoms with Gasteiger partial charge in [-0.3, -0.25) is 0 Å². The van der Waals surface area contributed by atoms with Gasteiger partial charge in [0.15, 0.2) is 0 Å². The smallest absolute Gasteiger partial charge is 0.0945 e. The van der Waals surface area contributed by atoms with Crippen LogP contribution in [0.15, 0.2) is 0 Å². The van der Waals surface area contributed by atoms with Gasteiger partial charge in [-0.15, -0.1) is 0 Å². The van der Waals surface area contributed by atoms with E-state index in [-0.39, 0.29) is 0 Å². The first-order chi connectivity index (χ1) is 14.0. The zero-order valence-corrected chi connectivity index (χ0v) is 21.8. The van der Waals surface area contributed by atoms with Crippen molar-refractivity contribution < 1.29 is 4.48 Å². The van der Waals surface area contributed by atoms with Crippen molar-refractivity contribution in [1.82, 2.24) is 0 Å². The molecule has 1 aliphatic heterocycles. The highest BCUT2D eigenvalue weighted by Gasteiger charge is 2.63. The Morgan fingerprint density at radius 2 is 1.47 bits per heavy atom. The monoisotopic (exact) mass is 416 g/mol. The lowest BCUT2D eigenvalue weighted by Gasteiger charge is -2.64. The second kappa shape index (κ2) is 8.07. The lowest BCUT2D eigenvalue weighted by atomic mass is 9.46. The molecule has 1 saturated heterocycles. The summed E-state index contributed by atoms with van der Waals surface area (Å²) in [5.74, 6) is 5.88. The van der Waals surface area contributed by atoms with Crippen molar-refractivity contribution in [3.8, 4) is 0 Å². The van der Waals surface area contributed by atoms with Gasteiger partial charge in [-0.25, -0.2) is 0 Å². The Labute approximate surface area is 189 Å². The minimum atomic E-state index is 0.598. The predicted octanol–water partition coefficient (Wildman–Crippen LogP) is 7.93. The molecule has 0 aromatic heterocycles. The molecule has 4 rings (SSSR count). The van der Waals surface area contributed by atoms with Crippen LogP contribution in [0.4, 0.5) is 0 Å². The van der Waals surface area contributed by atoms with Gasteiger partial charge in [0.05, 0.1) is 26.2 Å². The van der Waals surface area contributed by atoms with Crippen molar-refractivity contribution in [3.05, 3.63) is 0 Å². The molecule has 0 aromatic carbocycles. The predicted molar refractivity (Wildman–Crippen MR) is 130 cm³/mol. The molecule has 1 unspecified atom stereocenters. The first-order valence-corrected chi connectivity index (χ1v) is 13.8. The van der Waals surface area contributed by atoms with Crippen molar-refractivity contribution in [3.63, 3.8) is 0 Å². The molecule has 3 saturated carbocycles. The third-order valence-electron chi connectivity index (χ3n) is 12.1. The molecular formula is C29H54N+. The Kier molecular flexibility index (Phi) is 6.22. The SMILES string of the molecule is CC(C)CCC[C@@H](C)[C@H]1CC[C@H]2[C@@H]3CC[C@@H]4[C@](C)(CCC(C)[N+]4(C)C)[C@H]3CC[C@]12C. The van der Waals surface area contributed by atoms with Crippen LogP contribution >= 0.6 is 0 Å². The maximum Gasteiger partial charge on any atom is 0.0945 e. The highest BCUT2D eigenvalue weighted by atomic mass is 15.4. The molecule has 1 heterocycles. The summed E-state index contributed by atoms with van der Waals surface area (Å²) in [4.78, 5) is 0. The van der Waals surface area contributed by atoms with Crippen LogP contribution in [0.1, 0.15) is 112 Å². The molecule has 1 nitrogen and oxygen atoms in total.